The Hall–Kier alpha value is -2.64. The summed E-state index contributed by atoms with van der Waals surface area (Å²) in [6.45, 7) is 5.71. The van der Waals surface area contributed by atoms with Gasteiger partial charge in [0.25, 0.3) is 0 Å². The predicted molar refractivity (Wildman–Crippen MR) is 123 cm³/mol. The van der Waals surface area contributed by atoms with E-state index in [2.05, 4.69) is 31.9 Å². The van der Waals surface area contributed by atoms with Crippen LogP contribution in [-0.4, -0.2) is 106 Å². The second-order valence-corrected chi connectivity index (χ2v) is 10.7. The van der Waals surface area contributed by atoms with Crippen molar-refractivity contribution in [2.45, 2.75) is 24.0 Å². The van der Waals surface area contributed by atoms with Gasteiger partial charge in [0.05, 0.1) is 28.9 Å². The third-order valence-corrected chi connectivity index (χ3v) is 8.51. The second kappa shape index (κ2) is 8.29. The smallest absolute Gasteiger partial charge is 0.243 e. The van der Waals surface area contributed by atoms with E-state index in [1.54, 1.807) is 28.9 Å². The van der Waals surface area contributed by atoms with Gasteiger partial charge >= 0.3 is 0 Å². The van der Waals surface area contributed by atoms with Gasteiger partial charge < -0.3 is 15.7 Å². The van der Waals surface area contributed by atoms with Crippen molar-refractivity contribution >= 4 is 21.5 Å². The molecule has 33 heavy (non-hydrogen) atoms. The lowest BCUT2D eigenvalue weighted by Gasteiger charge is -2.37. The molecule has 0 amide bonds. The van der Waals surface area contributed by atoms with Crippen molar-refractivity contribution in [3.05, 3.63) is 36.3 Å². The Labute approximate surface area is 192 Å². The molecule has 2 atom stereocenters. The zero-order chi connectivity index (χ0) is 23.3. The number of nitrogen functional groups attached to an aromatic ring is 1. The molecular formula is C21H28N8O3S. The number of nitrogens with zero attached hydrogens (tertiary/aromatic N) is 7. The van der Waals surface area contributed by atoms with Crippen molar-refractivity contribution in [3.63, 3.8) is 0 Å². The van der Waals surface area contributed by atoms with Crippen LogP contribution in [-0.2, 0) is 10.0 Å². The minimum absolute atomic E-state index is 0.0852. The summed E-state index contributed by atoms with van der Waals surface area (Å²) in [6.07, 6.45) is 2.24. The van der Waals surface area contributed by atoms with E-state index in [0.717, 1.165) is 31.7 Å². The Morgan fingerprint density at radius 3 is 2.64 bits per heavy atom. The van der Waals surface area contributed by atoms with Crippen molar-refractivity contribution in [1.82, 2.24) is 33.7 Å². The summed E-state index contributed by atoms with van der Waals surface area (Å²) in [5.41, 5.74) is 8.51. The molecule has 0 saturated carbocycles. The maximum absolute atomic E-state index is 13.5. The SMILES string of the molecule is Cc1ccc(S(=O)(=O)N2C[C@H](O)[C@@H](N3CCN(C)CC3)C2)cc1-c1cnc2c(N)ncnn12. The highest BCUT2D eigenvalue weighted by molar-refractivity contribution is 7.89. The average molecular weight is 473 g/mol. The van der Waals surface area contributed by atoms with Crippen LogP contribution in [0.2, 0.25) is 0 Å². The van der Waals surface area contributed by atoms with Crippen LogP contribution in [0.1, 0.15) is 5.56 Å². The molecule has 0 radical (unpaired) electrons. The number of imidazole rings is 1. The number of hydrogen-bond donors (Lipinski definition) is 2. The number of aromatic nitrogens is 4. The summed E-state index contributed by atoms with van der Waals surface area (Å²) in [4.78, 5) is 12.9. The summed E-state index contributed by atoms with van der Waals surface area (Å²) in [6, 6.07) is 4.83. The van der Waals surface area contributed by atoms with Crippen LogP contribution in [0.5, 0.6) is 0 Å². The van der Waals surface area contributed by atoms with Gasteiger partial charge in [-0.1, -0.05) is 6.07 Å². The van der Waals surface area contributed by atoms with E-state index >= 15 is 0 Å². The summed E-state index contributed by atoms with van der Waals surface area (Å²) < 4.78 is 30.0. The van der Waals surface area contributed by atoms with Crippen LogP contribution in [0.15, 0.2) is 35.6 Å². The van der Waals surface area contributed by atoms with Crippen LogP contribution in [0, 0.1) is 6.92 Å². The van der Waals surface area contributed by atoms with Crippen LogP contribution in [0.4, 0.5) is 5.82 Å². The van der Waals surface area contributed by atoms with E-state index in [9.17, 15) is 13.5 Å². The van der Waals surface area contributed by atoms with E-state index in [1.807, 2.05) is 6.92 Å². The number of aryl methyl sites for hydroxylation is 1. The summed E-state index contributed by atoms with van der Waals surface area (Å²) in [7, 11) is -1.73. The Kier molecular flexibility index (Phi) is 5.57. The zero-order valence-electron chi connectivity index (χ0n) is 18.7. The Morgan fingerprint density at radius 2 is 1.88 bits per heavy atom. The van der Waals surface area contributed by atoms with Gasteiger partial charge in [0, 0.05) is 44.8 Å². The largest absolute Gasteiger partial charge is 0.390 e. The first-order chi connectivity index (χ1) is 15.8. The summed E-state index contributed by atoms with van der Waals surface area (Å²) in [5.74, 6) is 0.249. The number of benzene rings is 1. The third kappa shape index (κ3) is 3.87. The molecule has 3 N–H and O–H groups in total. The number of piperazine rings is 1. The molecule has 176 valence electrons. The van der Waals surface area contributed by atoms with Crippen LogP contribution in [0.3, 0.4) is 0 Å². The maximum atomic E-state index is 13.5. The van der Waals surface area contributed by atoms with Crippen molar-refractivity contribution in [3.8, 4) is 11.3 Å². The molecule has 0 unspecified atom stereocenters. The number of sulfonamides is 1. The average Bonchev–Trinajstić information content (AvgIpc) is 3.40. The second-order valence-electron chi connectivity index (χ2n) is 8.80. The number of β-amino-alcohol motifs (C(OH)–C–C–N with tert-alkyl or cyclic N) is 1. The molecule has 3 aromatic rings. The molecule has 0 bridgehead atoms. The Morgan fingerprint density at radius 1 is 1.12 bits per heavy atom. The number of aliphatic hydroxyl groups is 1. The standard InChI is InChI=1S/C21H28N8O3S/c1-14-3-4-15(9-16(14)17-10-23-21-20(22)24-13-25-29(17)21)33(31,32)28-11-18(19(30)12-28)27-7-5-26(2)6-8-27/h3-4,9-10,13,18-19,30H,5-8,11-12H2,1-2H3,(H2,22,24,25)/t18-,19-/m0/s1. The lowest BCUT2D eigenvalue weighted by molar-refractivity contribution is 0.0512. The fraction of sp³-hybridized carbons (Fsp3) is 0.476. The topological polar surface area (TPSA) is 133 Å². The molecule has 2 saturated heterocycles. The molecule has 12 heteroatoms. The van der Waals surface area contributed by atoms with Crippen LogP contribution >= 0.6 is 0 Å². The van der Waals surface area contributed by atoms with Gasteiger partial charge in [0.2, 0.25) is 10.0 Å². The zero-order valence-corrected chi connectivity index (χ0v) is 19.5. The van der Waals surface area contributed by atoms with Gasteiger partial charge in [0.1, 0.15) is 6.33 Å². The van der Waals surface area contributed by atoms with E-state index in [4.69, 9.17) is 5.73 Å². The minimum atomic E-state index is -3.80. The highest BCUT2D eigenvalue weighted by Gasteiger charge is 2.41. The number of hydrogen-bond acceptors (Lipinski definition) is 9. The van der Waals surface area contributed by atoms with Crippen molar-refractivity contribution in [2.24, 2.45) is 0 Å². The normalized spacial score (nSPS) is 23.5. The Bertz CT molecular complexity index is 1290. The quantitative estimate of drug-likeness (QED) is 0.523. The minimum Gasteiger partial charge on any atom is -0.390 e. The number of anilines is 1. The van der Waals surface area contributed by atoms with E-state index in [-0.39, 0.29) is 29.8 Å². The third-order valence-electron chi connectivity index (χ3n) is 6.69. The number of rotatable bonds is 4. The van der Waals surface area contributed by atoms with Crippen molar-refractivity contribution in [1.29, 1.82) is 0 Å². The molecule has 2 aliphatic heterocycles. The summed E-state index contributed by atoms with van der Waals surface area (Å²) >= 11 is 0. The van der Waals surface area contributed by atoms with Crippen LogP contribution < -0.4 is 5.73 Å². The van der Waals surface area contributed by atoms with Gasteiger partial charge in [-0.25, -0.2) is 22.9 Å². The molecule has 1 aromatic carbocycles. The first-order valence-corrected chi connectivity index (χ1v) is 12.4. The molecule has 2 aromatic heterocycles. The molecule has 2 aliphatic rings. The highest BCUT2D eigenvalue weighted by atomic mass is 32.2. The first-order valence-electron chi connectivity index (χ1n) is 10.9. The van der Waals surface area contributed by atoms with E-state index in [0.29, 0.717) is 16.9 Å². The number of nitrogens with two attached hydrogens (primary N) is 1. The maximum Gasteiger partial charge on any atom is 0.243 e. The lowest BCUT2D eigenvalue weighted by atomic mass is 10.1. The molecular weight excluding hydrogens is 444 g/mol. The lowest BCUT2D eigenvalue weighted by Crippen LogP contribution is -2.52. The van der Waals surface area contributed by atoms with Gasteiger partial charge in [-0.05, 0) is 31.7 Å². The van der Waals surface area contributed by atoms with Crippen molar-refractivity contribution < 1.29 is 13.5 Å². The molecule has 4 heterocycles. The fourth-order valence-electron chi connectivity index (χ4n) is 4.65. The number of fused-ring (bicyclic) bond motifs is 1. The highest BCUT2D eigenvalue weighted by Crippen LogP contribution is 2.30. The predicted octanol–water partition coefficient (Wildman–Crippen LogP) is -0.337. The summed E-state index contributed by atoms with van der Waals surface area (Å²) in [5, 5.41) is 14.9. The molecule has 2 fully saturated rings. The number of aliphatic hydroxyl groups excluding tert-OH is 1. The van der Waals surface area contributed by atoms with E-state index < -0.39 is 16.1 Å². The van der Waals surface area contributed by atoms with E-state index in [1.165, 1.54) is 10.6 Å². The molecule has 11 nitrogen and oxygen atoms in total. The first kappa shape index (κ1) is 22.2. The van der Waals surface area contributed by atoms with Gasteiger partial charge in [0.15, 0.2) is 11.5 Å². The Balaban J connectivity index is 1.45. The van der Waals surface area contributed by atoms with Gasteiger partial charge in [-0.3, -0.25) is 4.90 Å². The monoisotopic (exact) mass is 472 g/mol. The number of likely N-dealkylation sites (N-methyl/N-ethyl adjacent to an activating group) is 1. The van der Waals surface area contributed by atoms with Gasteiger partial charge in [-0.15, -0.1) is 0 Å². The molecule has 0 spiro atoms. The van der Waals surface area contributed by atoms with Crippen LogP contribution in [0.25, 0.3) is 16.9 Å². The molecule has 0 aliphatic carbocycles. The fourth-order valence-corrected chi connectivity index (χ4v) is 6.15. The molecule has 5 rings (SSSR count). The van der Waals surface area contributed by atoms with Gasteiger partial charge in [-0.2, -0.15) is 9.40 Å². The van der Waals surface area contributed by atoms with Crippen molar-refractivity contribution in [2.75, 3.05) is 52.0 Å².